The quantitative estimate of drug-likeness (QED) is 0.0717. The zero-order chi connectivity index (χ0) is 29.7. The number of hydrogen-bond donors (Lipinski definition) is 0. The summed E-state index contributed by atoms with van der Waals surface area (Å²) in [5.41, 5.74) is 0.652. The number of carbonyl (C=O) groups excluding carboxylic acids is 3. The summed E-state index contributed by atoms with van der Waals surface area (Å²) in [6, 6.07) is 12.8. The van der Waals surface area contributed by atoms with E-state index in [0.717, 1.165) is 6.08 Å². The van der Waals surface area contributed by atoms with Gasteiger partial charge in [-0.1, -0.05) is 13.2 Å². The van der Waals surface area contributed by atoms with Gasteiger partial charge in [-0.3, -0.25) is 0 Å². The van der Waals surface area contributed by atoms with E-state index in [2.05, 4.69) is 13.2 Å². The Bertz CT molecular complexity index is 1210. The highest BCUT2D eigenvalue weighted by Gasteiger charge is 2.51. The third kappa shape index (κ3) is 8.56. The van der Waals surface area contributed by atoms with Gasteiger partial charge in [0.1, 0.15) is 43.5 Å². The van der Waals surface area contributed by atoms with E-state index in [1.54, 1.807) is 48.5 Å². The van der Waals surface area contributed by atoms with Crippen LogP contribution in [0, 0.1) is 0 Å². The molecule has 2 fully saturated rings. The fourth-order valence-electron chi connectivity index (χ4n) is 4.15. The normalized spacial score (nSPS) is 20.6. The zero-order valence-electron chi connectivity index (χ0n) is 22.8. The Morgan fingerprint density at radius 3 is 1.71 bits per heavy atom. The first kappa shape index (κ1) is 30.6. The lowest BCUT2D eigenvalue weighted by molar-refractivity contribution is -0.138. The maximum Gasteiger partial charge on any atom is 0.338 e. The molecule has 0 radical (unpaired) electrons. The van der Waals surface area contributed by atoms with Gasteiger partial charge in [0.05, 0.1) is 37.2 Å². The Morgan fingerprint density at radius 2 is 1.24 bits per heavy atom. The van der Waals surface area contributed by atoms with Crippen LogP contribution in [-0.2, 0) is 38.0 Å². The molecule has 0 bridgehead atoms. The van der Waals surface area contributed by atoms with E-state index in [1.165, 1.54) is 6.26 Å². The summed E-state index contributed by atoms with van der Waals surface area (Å²) in [5, 5.41) is 0. The van der Waals surface area contributed by atoms with Crippen LogP contribution >= 0.6 is 0 Å². The molecule has 224 valence electrons. The first-order chi connectivity index (χ1) is 20.5. The number of rotatable bonds is 16. The van der Waals surface area contributed by atoms with Gasteiger partial charge in [0.15, 0.2) is 19.0 Å². The average Bonchev–Trinajstić information content (AvgIpc) is 3.60. The second-order valence-electron chi connectivity index (χ2n) is 8.96. The molecule has 0 unspecified atom stereocenters. The summed E-state index contributed by atoms with van der Waals surface area (Å²) in [6.07, 6.45) is -0.0854. The molecule has 2 aliphatic heterocycles. The molecule has 2 aromatic carbocycles. The van der Waals surface area contributed by atoms with Crippen LogP contribution in [0.2, 0.25) is 0 Å². The third-order valence-electron chi connectivity index (χ3n) is 6.19. The summed E-state index contributed by atoms with van der Waals surface area (Å²) in [4.78, 5) is 36.5. The standard InChI is InChI=1S/C30H32O12/c1-3-26(31)38-16-15-37-23-11-7-21(8-12-23)30(33)42-25-18-40-27-24(17-39-28(25)27)41-29(32)20-5-9-22(10-6-20)36-14-13-35-19-34-4-2/h3-12,24-25,27-28H,1-2,13-19H2/t24-,25-,27-,28-/m0/s1. The SMILES string of the molecule is C=COCOCCOc1ccc(C(=O)O[C@H]2CO[C@@H]3[C@H]2OC[C@@H]3OC(=O)c2ccc(OCCOC(=O)C=C)cc2)cc1. The van der Waals surface area contributed by atoms with Crippen LogP contribution in [0.4, 0.5) is 0 Å². The van der Waals surface area contributed by atoms with Gasteiger partial charge < -0.3 is 42.6 Å². The molecule has 0 N–H and O–H groups in total. The topological polar surface area (TPSA) is 134 Å². The molecule has 0 amide bonds. The lowest BCUT2D eigenvalue weighted by Crippen LogP contribution is -2.36. The fraction of sp³-hybridized carbons (Fsp3) is 0.367. The number of esters is 3. The first-order valence-corrected chi connectivity index (χ1v) is 13.2. The molecular formula is C30H32O12. The van der Waals surface area contributed by atoms with Gasteiger partial charge in [-0.15, -0.1) is 0 Å². The first-order valence-electron chi connectivity index (χ1n) is 13.2. The van der Waals surface area contributed by atoms with Gasteiger partial charge in [0, 0.05) is 6.08 Å². The minimum atomic E-state index is -0.662. The Morgan fingerprint density at radius 1 is 0.738 bits per heavy atom. The monoisotopic (exact) mass is 584 g/mol. The number of benzene rings is 2. The fourth-order valence-corrected chi connectivity index (χ4v) is 4.15. The highest BCUT2D eigenvalue weighted by atomic mass is 16.7. The van der Waals surface area contributed by atoms with E-state index in [9.17, 15) is 14.4 Å². The summed E-state index contributed by atoms with van der Waals surface area (Å²) < 4.78 is 48.8. The molecule has 2 aromatic rings. The van der Waals surface area contributed by atoms with Crippen LogP contribution in [0.3, 0.4) is 0 Å². The molecule has 42 heavy (non-hydrogen) atoms. The molecule has 12 nitrogen and oxygen atoms in total. The van der Waals surface area contributed by atoms with Crippen molar-refractivity contribution in [3.8, 4) is 11.5 Å². The minimum absolute atomic E-state index is 0.0700. The predicted molar refractivity (Wildman–Crippen MR) is 145 cm³/mol. The lowest BCUT2D eigenvalue weighted by Gasteiger charge is -2.17. The van der Waals surface area contributed by atoms with Gasteiger partial charge in [0.25, 0.3) is 0 Å². The number of ether oxygens (including phenoxy) is 9. The van der Waals surface area contributed by atoms with Crippen LogP contribution in [0.1, 0.15) is 20.7 Å². The number of hydrogen-bond acceptors (Lipinski definition) is 12. The zero-order valence-corrected chi connectivity index (χ0v) is 22.8. The highest BCUT2D eigenvalue weighted by Crippen LogP contribution is 2.31. The second-order valence-corrected chi connectivity index (χ2v) is 8.96. The van der Waals surface area contributed by atoms with Crippen molar-refractivity contribution in [2.75, 3.05) is 46.4 Å². The van der Waals surface area contributed by atoms with E-state index in [0.29, 0.717) is 35.8 Å². The smallest absolute Gasteiger partial charge is 0.338 e. The van der Waals surface area contributed by atoms with Crippen molar-refractivity contribution in [2.45, 2.75) is 24.4 Å². The number of carbonyl (C=O) groups is 3. The number of fused-ring (bicyclic) bond motifs is 1. The lowest BCUT2D eigenvalue weighted by atomic mass is 10.1. The van der Waals surface area contributed by atoms with Crippen molar-refractivity contribution in [1.82, 2.24) is 0 Å². The molecular weight excluding hydrogens is 552 g/mol. The third-order valence-corrected chi connectivity index (χ3v) is 6.19. The van der Waals surface area contributed by atoms with Gasteiger partial charge in [-0.2, -0.15) is 0 Å². The van der Waals surface area contributed by atoms with Crippen molar-refractivity contribution in [3.63, 3.8) is 0 Å². The van der Waals surface area contributed by atoms with Crippen molar-refractivity contribution >= 4 is 17.9 Å². The van der Waals surface area contributed by atoms with Crippen LogP contribution < -0.4 is 9.47 Å². The maximum absolute atomic E-state index is 12.7. The van der Waals surface area contributed by atoms with Gasteiger partial charge in [0.2, 0.25) is 0 Å². The van der Waals surface area contributed by atoms with Crippen LogP contribution in [0.15, 0.2) is 74.0 Å². The molecule has 2 saturated heterocycles. The molecule has 0 saturated carbocycles. The van der Waals surface area contributed by atoms with E-state index in [4.69, 9.17) is 42.6 Å². The summed E-state index contributed by atoms with van der Waals surface area (Å²) >= 11 is 0. The minimum Gasteiger partial charge on any atom is -0.491 e. The van der Waals surface area contributed by atoms with Gasteiger partial charge in [-0.05, 0) is 48.5 Å². The summed E-state index contributed by atoms with van der Waals surface area (Å²) in [5.74, 6) is -0.556. The molecule has 0 spiro atoms. The Hall–Kier alpha value is -4.39. The largest absolute Gasteiger partial charge is 0.491 e. The predicted octanol–water partition coefficient (Wildman–Crippen LogP) is 2.86. The molecule has 2 heterocycles. The van der Waals surface area contributed by atoms with Crippen molar-refractivity contribution in [3.05, 3.63) is 85.2 Å². The molecule has 2 aliphatic rings. The highest BCUT2D eigenvalue weighted by molar-refractivity contribution is 5.90. The van der Waals surface area contributed by atoms with Crippen LogP contribution in [0.25, 0.3) is 0 Å². The van der Waals surface area contributed by atoms with Crippen LogP contribution in [0.5, 0.6) is 11.5 Å². The Kier molecular flexibility index (Phi) is 11.3. The molecule has 0 aliphatic carbocycles. The molecule has 4 rings (SSSR count). The average molecular weight is 585 g/mol. The summed E-state index contributed by atoms with van der Waals surface area (Å²) in [6.45, 7) is 7.91. The molecule has 12 heteroatoms. The Labute approximate surface area is 242 Å². The second kappa shape index (κ2) is 15.6. The van der Waals surface area contributed by atoms with Gasteiger partial charge >= 0.3 is 17.9 Å². The molecule has 0 aromatic heterocycles. The molecule has 4 atom stereocenters. The van der Waals surface area contributed by atoms with E-state index >= 15 is 0 Å². The maximum atomic E-state index is 12.7. The van der Waals surface area contributed by atoms with Crippen molar-refractivity contribution < 1.29 is 57.0 Å². The van der Waals surface area contributed by atoms with Crippen molar-refractivity contribution in [1.29, 1.82) is 0 Å². The van der Waals surface area contributed by atoms with E-state index < -0.39 is 42.3 Å². The van der Waals surface area contributed by atoms with Gasteiger partial charge in [-0.25, -0.2) is 14.4 Å². The van der Waals surface area contributed by atoms with Crippen LogP contribution in [-0.4, -0.2) is 88.8 Å². The summed E-state index contributed by atoms with van der Waals surface area (Å²) in [7, 11) is 0. The van der Waals surface area contributed by atoms with Crippen molar-refractivity contribution in [2.24, 2.45) is 0 Å². The van der Waals surface area contributed by atoms with E-state index in [1.807, 2.05) is 0 Å². The Balaban J connectivity index is 1.19. The van der Waals surface area contributed by atoms with E-state index in [-0.39, 0.29) is 33.2 Å².